The Balaban J connectivity index is 2.15. The summed E-state index contributed by atoms with van der Waals surface area (Å²) in [6.45, 7) is 1.79. The number of fused-ring (bicyclic) bond motifs is 1. The molecule has 0 aliphatic carbocycles. The van der Waals surface area contributed by atoms with Gasteiger partial charge >= 0.3 is 0 Å². The van der Waals surface area contributed by atoms with Crippen molar-refractivity contribution in [1.82, 2.24) is 0 Å². The maximum absolute atomic E-state index is 13.6. The van der Waals surface area contributed by atoms with Crippen LogP contribution in [0.15, 0.2) is 40.8 Å². The summed E-state index contributed by atoms with van der Waals surface area (Å²) in [6.07, 6.45) is 0. The van der Waals surface area contributed by atoms with E-state index in [0.717, 1.165) is 5.56 Å². The van der Waals surface area contributed by atoms with E-state index in [1.54, 1.807) is 25.1 Å². The molecular formula is C16H9F3O2. The average Bonchev–Trinajstić information content (AvgIpc) is 2.82. The molecular weight excluding hydrogens is 281 g/mol. The molecule has 5 heteroatoms. The lowest BCUT2D eigenvalue weighted by Gasteiger charge is -2.02. The Bertz CT molecular complexity index is 842. The molecule has 21 heavy (non-hydrogen) atoms. The molecule has 0 radical (unpaired) electrons. The molecule has 0 unspecified atom stereocenters. The zero-order chi connectivity index (χ0) is 15.1. The summed E-state index contributed by atoms with van der Waals surface area (Å²) in [5.41, 5.74) is 0.448. The fourth-order valence-electron chi connectivity index (χ4n) is 2.20. The smallest absolute Gasteiger partial charge is 0.234 e. The van der Waals surface area contributed by atoms with Gasteiger partial charge in [0.15, 0.2) is 5.76 Å². The average molecular weight is 290 g/mol. The van der Waals surface area contributed by atoms with Crippen LogP contribution in [0.4, 0.5) is 13.2 Å². The van der Waals surface area contributed by atoms with Crippen molar-refractivity contribution in [3.05, 3.63) is 70.7 Å². The first-order chi connectivity index (χ1) is 9.97. The van der Waals surface area contributed by atoms with E-state index < -0.39 is 28.8 Å². The zero-order valence-electron chi connectivity index (χ0n) is 10.9. The molecule has 0 bridgehead atoms. The predicted molar refractivity (Wildman–Crippen MR) is 70.7 cm³/mol. The Labute approximate surface area is 117 Å². The van der Waals surface area contributed by atoms with E-state index in [0.29, 0.717) is 23.1 Å². The van der Waals surface area contributed by atoms with Crippen LogP contribution in [0.5, 0.6) is 0 Å². The molecule has 0 saturated heterocycles. The monoisotopic (exact) mass is 290 g/mol. The Morgan fingerprint density at radius 3 is 2.33 bits per heavy atom. The first-order valence-electron chi connectivity index (χ1n) is 6.16. The number of halogens is 3. The standard InChI is InChI=1S/C16H9F3O2/c1-8-3-2-4-9-5-13(21-16(8)9)15(20)14-11(18)6-10(17)7-12(14)19/h2-7H,1H3. The molecule has 0 spiro atoms. The highest BCUT2D eigenvalue weighted by molar-refractivity contribution is 6.09. The highest BCUT2D eigenvalue weighted by Crippen LogP contribution is 2.26. The van der Waals surface area contributed by atoms with Crippen molar-refractivity contribution in [1.29, 1.82) is 0 Å². The quantitative estimate of drug-likeness (QED) is 0.655. The third-order valence-corrected chi connectivity index (χ3v) is 3.20. The molecule has 3 aromatic rings. The van der Waals surface area contributed by atoms with Gasteiger partial charge in [-0.25, -0.2) is 13.2 Å². The summed E-state index contributed by atoms with van der Waals surface area (Å²) in [7, 11) is 0. The molecule has 0 fully saturated rings. The number of para-hydroxylation sites is 1. The van der Waals surface area contributed by atoms with Gasteiger partial charge in [0.25, 0.3) is 0 Å². The first kappa shape index (κ1) is 13.4. The molecule has 2 aromatic carbocycles. The second kappa shape index (κ2) is 4.77. The molecule has 1 heterocycles. The number of hydrogen-bond acceptors (Lipinski definition) is 2. The minimum atomic E-state index is -1.25. The second-order valence-corrected chi connectivity index (χ2v) is 4.68. The van der Waals surface area contributed by atoms with Gasteiger partial charge < -0.3 is 4.42 Å². The topological polar surface area (TPSA) is 30.2 Å². The summed E-state index contributed by atoms with van der Waals surface area (Å²) in [5.74, 6) is -4.74. The van der Waals surface area contributed by atoms with Gasteiger partial charge in [-0.15, -0.1) is 0 Å². The van der Waals surface area contributed by atoms with Gasteiger partial charge in [0, 0.05) is 17.5 Å². The van der Waals surface area contributed by atoms with Crippen molar-refractivity contribution in [3.8, 4) is 0 Å². The fraction of sp³-hybridized carbons (Fsp3) is 0.0625. The molecule has 3 rings (SSSR count). The Morgan fingerprint density at radius 2 is 1.71 bits per heavy atom. The van der Waals surface area contributed by atoms with Gasteiger partial charge in [0.1, 0.15) is 23.0 Å². The third kappa shape index (κ3) is 2.20. The van der Waals surface area contributed by atoms with Gasteiger partial charge in [-0.3, -0.25) is 4.79 Å². The second-order valence-electron chi connectivity index (χ2n) is 4.68. The molecule has 0 aliphatic heterocycles. The number of furan rings is 1. The number of ketones is 1. The van der Waals surface area contributed by atoms with Crippen molar-refractivity contribution in [2.24, 2.45) is 0 Å². The predicted octanol–water partition coefficient (Wildman–Crippen LogP) is 4.39. The highest BCUT2D eigenvalue weighted by Gasteiger charge is 2.23. The highest BCUT2D eigenvalue weighted by atomic mass is 19.1. The van der Waals surface area contributed by atoms with E-state index in [-0.39, 0.29) is 5.76 Å². The van der Waals surface area contributed by atoms with E-state index in [4.69, 9.17) is 4.42 Å². The third-order valence-electron chi connectivity index (χ3n) is 3.20. The molecule has 0 atom stereocenters. The number of benzene rings is 2. The SMILES string of the molecule is Cc1cccc2cc(C(=O)c3c(F)cc(F)cc3F)oc12. The van der Waals surface area contributed by atoms with E-state index >= 15 is 0 Å². The van der Waals surface area contributed by atoms with Crippen LogP contribution in [0.2, 0.25) is 0 Å². The van der Waals surface area contributed by atoms with Gasteiger partial charge in [0.2, 0.25) is 5.78 Å². The van der Waals surface area contributed by atoms with Crippen molar-refractivity contribution >= 4 is 16.8 Å². The number of carbonyl (C=O) groups excluding carboxylic acids is 1. The molecule has 1 aromatic heterocycles. The van der Waals surface area contributed by atoms with Crippen LogP contribution in [0.25, 0.3) is 11.0 Å². The van der Waals surface area contributed by atoms with Crippen LogP contribution in [0.1, 0.15) is 21.7 Å². The first-order valence-corrected chi connectivity index (χ1v) is 6.16. The molecule has 106 valence electrons. The summed E-state index contributed by atoms with van der Waals surface area (Å²) in [6, 6.07) is 7.63. The molecule has 0 amide bonds. The summed E-state index contributed by atoms with van der Waals surface area (Å²) in [5, 5.41) is 0.654. The lowest BCUT2D eigenvalue weighted by molar-refractivity contribution is 0.100. The lowest BCUT2D eigenvalue weighted by atomic mass is 10.1. The van der Waals surface area contributed by atoms with Crippen molar-refractivity contribution in [2.45, 2.75) is 6.92 Å². The number of rotatable bonds is 2. The number of hydrogen-bond donors (Lipinski definition) is 0. The van der Waals surface area contributed by atoms with Gasteiger partial charge in [-0.2, -0.15) is 0 Å². The van der Waals surface area contributed by atoms with Crippen LogP contribution in [0, 0.1) is 24.4 Å². The summed E-state index contributed by atoms with van der Waals surface area (Å²) in [4.78, 5) is 12.2. The van der Waals surface area contributed by atoms with Gasteiger partial charge in [0.05, 0.1) is 5.56 Å². The van der Waals surface area contributed by atoms with Crippen molar-refractivity contribution in [3.63, 3.8) is 0 Å². The Hall–Kier alpha value is -2.56. The number of aryl methyl sites for hydroxylation is 1. The van der Waals surface area contributed by atoms with Crippen molar-refractivity contribution < 1.29 is 22.4 Å². The van der Waals surface area contributed by atoms with Crippen LogP contribution >= 0.6 is 0 Å². The fourth-order valence-corrected chi connectivity index (χ4v) is 2.20. The minimum Gasteiger partial charge on any atom is -0.452 e. The lowest BCUT2D eigenvalue weighted by Crippen LogP contribution is -2.07. The molecule has 0 N–H and O–H groups in total. The van der Waals surface area contributed by atoms with E-state index in [2.05, 4.69) is 0 Å². The molecule has 2 nitrogen and oxygen atoms in total. The van der Waals surface area contributed by atoms with E-state index in [9.17, 15) is 18.0 Å². The zero-order valence-corrected chi connectivity index (χ0v) is 10.9. The normalized spacial score (nSPS) is 11.0. The largest absolute Gasteiger partial charge is 0.452 e. The van der Waals surface area contributed by atoms with Gasteiger partial charge in [-0.1, -0.05) is 18.2 Å². The summed E-state index contributed by atoms with van der Waals surface area (Å²) < 4.78 is 45.5. The molecule has 0 saturated carbocycles. The van der Waals surface area contributed by atoms with Crippen LogP contribution in [0.3, 0.4) is 0 Å². The van der Waals surface area contributed by atoms with Crippen LogP contribution < -0.4 is 0 Å². The molecule has 0 aliphatic rings. The maximum atomic E-state index is 13.6. The maximum Gasteiger partial charge on any atom is 0.234 e. The van der Waals surface area contributed by atoms with Gasteiger partial charge in [-0.05, 0) is 18.6 Å². The van der Waals surface area contributed by atoms with E-state index in [1.807, 2.05) is 0 Å². The Kier molecular flexibility index (Phi) is 3.05. The summed E-state index contributed by atoms with van der Waals surface area (Å²) >= 11 is 0. The Morgan fingerprint density at radius 1 is 1.05 bits per heavy atom. The number of carbonyl (C=O) groups is 1. The van der Waals surface area contributed by atoms with Crippen LogP contribution in [-0.2, 0) is 0 Å². The minimum absolute atomic E-state index is 0.191. The van der Waals surface area contributed by atoms with E-state index in [1.165, 1.54) is 6.07 Å². The van der Waals surface area contributed by atoms with Crippen molar-refractivity contribution in [2.75, 3.05) is 0 Å². The van der Waals surface area contributed by atoms with Crippen LogP contribution in [-0.4, -0.2) is 5.78 Å².